The summed E-state index contributed by atoms with van der Waals surface area (Å²) in [6.45, 7) is 7.65. The molecule has 16 heteroatoms. The summed E-state index contributed by atoms with van der Waals surface area (Å²) in [7, 11) is 0. The zero-order chi connectivity index (χ0) is 37.0. The number of nitrogens with zero attached hydrogens (tertiary/aromatic N) is 12. The van der Waals surface area contributed by atoms with Gasteiger partial charge in [-0.15, -0.1) is 20.4 Å². The van der Waals surface area contributed by atoms with Gasteiger partial charge in [0.2, 0.25) is 22.1 Å². The molecular weight excluding hydrogens is 721 g/mol. The Balaban J connectivity index is 1.21. The van der Waals surface area contributed by atoms with E-state index in [4.69, 9.17) is 29.9 Å². The van der Waals surface area contributed by atoms with Crippen LogP contribution in [-0.4, -0.2) is 73.2 Å². The minimum absolute atomic E-state index is 0.517. The van der Waals surface area contributed by atoms with Gasteiger partial charge in [0.1, 0.15) is 11.5 Å². The fourth-order valence-corrected chi connectivity index (χ4v) is 7.56. The topological polar surface area (TPSA) is 140 Å². The Morgan fingerprint density at radius 1 is 0.519 bits per heavy atom. The van der Waals surface area contributed by atoms with Gasteiger partial charge in [0.05, 0.1) is 46.3 Å². The lowest BCUT2D eigenvalue weighted by Gasteiger charge is -2.12. The lowest BCUT2D eigenvalue weighted by atomic mass is 10.2. The number of benzene rings is 3. The van der Waals surface area contributed by atoms with E-state index in [9.17, 15) is 0 Å². The summed E-state index contributed by atoms with van der Waals surface area (Å²) < 4.78 is 20.3. The first-order valence-corrected chi connectivity index (χ1v) is 19.3. The normalized spacial score (nSPS) is 14.8. The summed E-state index contributed by atoms with van der Waals surface area (Å²) in [4.78, 5) is 0. The van der Waals surface area contributed by atoms with Crippen molar-refractivity contribution in [1.29, 1.82) is 0 Å². The van der Waals surface area contributed by atoms with Gasteiger partial charge < -0.3 is 9.47 Å². The number of rotatable bonds is 2. The van der Waals surface area contributed by atoms with Crippen molar-refractivity contribution in [2.75, 3.05) is 11.5 Å². The highest BCUT2D eigenvalue weighted by Crippen LogP contribution is 2.34. The third-order valence-corrected chi connectivity index (χ3v) is 10.5. The predicted octanol–water partition coefficient (Wildman–Crippen LogP) is 7.80. The van der Waals surface area contributed by atoms with Crippen molar-refractivity contribution in [2.45, 2.75) is 50.8 Å². The molecule has 4 aromatic heterocycles. The predicted molar refractivity (Wildman–Crippen MR) is 209 cm³/mol. The molecule has 0 amide bonds. The van der Waals surface area contributed by atoms with Gasteiger partial charge >= 0.3 is 0 Å². The first kappa shape index (κ1) is 35.1. The summed E-state index contributed by atoms with van der Waals surface area (Å²) >= 11 is 3.24. The summed E-state index contributed by atoms with van der Waals surface area (Å²) in [5, 5.41) is 38.2. The monoisotopic (exact) mass is 756 g/mol. The minimum Gasteiger partial charge on any atom is -0.438 e. The quantitative estimate of drug-likeness (QED) is 0.172. The highest BCUT2D eigenvalue weighted by atomic mass is 32.2. The van der Waals surface area contributed by atoms with Crippen LogP contribution in [0.15, 0.2) is 105 Å². The Bertz CT molecular complexity index is 2280. The van der Waals surface area contributed by atoms with Crippen molar-refractivity contribution in [1.82, 2.24) is 49.3 Å². The SMILES string of the molecule is Cc1nn(-c2ccccc2)c2c1/C=N/n1c(C)nnc1SCCCCSc1nnc(C)n1/N=C/c1c(C)nn(-c3ccccc3)c1Oc1ccc(cc1)O2. The van der Waals surface area contributed by atoms with E-state index in [1.54, 1.807) is 54.7 Å². The molecule has 7 aromatic rings. The van der Waals surface area contributed by atoms with Gasteiger partial charge in [0.25, 0.3) is 0 Å². The summed E-state index contributed by atoms with van der Waals surface area (Å²) in [5.41, 5.74) is 4.66. The highest BCUT2D eigenvalue weighted by Gasteiger charge is 2.21. The number of aromatic nitrogens is 10. The van der Waals surface area contributed by atoms with Crippen molar-refractivity contribution < 1.29 is 9.47 Å². The summed E-state index contributed by atoms with van der Waals surface area (Å²) in [5.74, 6) is 5.26. The molecule has 0 N–H and O–H groups in total. The fourth-order valence-electron chi connectivity index (χ4n) is 5.70. The van der Waals surface area contributed by atoms with Gasteiger partial charge in [-0.25, -0.2) is 0 Å². The second-order valence-corrected chi connectivity index (χ2v) is 14.5. The molecule has 14 nitrogen and oxygen atoms in total. The van der Waals surface area contributed by atoms with Gasteiger partial charge in [-0.2, -0.15) is 39.1 Å². The van der Waals surface area contributed by atoms with Crippen LogP contribution in [0.5, 0.6) is 23.3 Å². The van der Waals surface area contributed by atoms with E-state index >= 15 is 0 Å². The number of hydrogen-bond acceptors (Lipinski definition) is 12. The van der Waals surface area contributed by atoms with Gasteiger partial charge in [0.15, 0.2) is 11.6 Å². The first-order valence-electron chi connectivity index (χ1n) is 17.4. The molecule has 0 aliphatic carbocycles. The van der Waals surface area contributed by atoms with Crippen molar-refractivity contribution >= 4 is 36.0 Å². The van der Waals surface area contributed by atoms with E-state index in [0.717, 1.165) is 58.2 Å². The summed E-state index contributed by atoms with van der Waals surface area (Å²) in [6.07, 6.45) is 5.44. The molecule has 0 radical (unpaired) electrons. The van der Waals surface area contributed by atoms with E-state index in [1.165, 1.54) is 0 Å². The number of fused-ring (bicyclic) bond motifs is 7. The number of aryl methyl sites for hydroxylation is 4. The molecule has 0 atom stereocenters. The molecule has 54 heavy (non-hydrogen) atoms. The lowest BCUT2D eigenvalue weighted by molar-refractivity contribution is 0.432. The van der Waals surface area contributed by atoms with Crippen LogP contribution in [0.1, 0.15) is 47.0 Å². The van der Waals surface area contributed by atoms with Crippen LogP contribution < -0.4 is 9.47 Å². The lowest BCUT2D eigenvalue weighted by Crippen LogP contribution is -2.02. The molecule has 0 unspecified atom stereocenters. The Kier molecular flexibility index (Phi) is 10.1. The number of thioether (sulfide) groups is 2. The number of para-hydroxylation sites is 2. The van der Waals surface area contributed by atoms with Crippen LogP contribution in [0.25, 0.3) is 11.4 Å². The molecule has 0 saturated heterocycles. The molecule has 0 saturated carbocycles. The smallest absolute Gasteiger partial charge is 0.231 e. The average Bonchev–Trinajstić information content (AvgIpc) is 3.91. The van der Waals surface area contributed by atoms with Gasteiger partial charge in [-0.05, 0) is 89.1 Å². The van der Waals surface area contributed by atoms with Crippen LogP contribution in [0.2, 0.25) is 0 Å². The number of ether oxygens (including phenoxy) is 2. The zero-order valence-electron chi connectivity index (χ0n) is 30.1. The molecule has 2 bridgehead atoms. The van der Waals surface area contributed by atoms with E-state index in [0.29, 0.717) is 45.2 Å². The Morgan fingerprint density at radius 3 is 1.33 bits per heavy atom. The third-order valence-electron chi connectivity index (χ3n) is 8.52. The Labute approximate surface area is 319 Å². The molecule has 0 fully saturated rings. The van der Waals surface area contributed by atoms with Crippen LogP contribution in [-0.2, 0) is 0 Å². The fraction of sp³-hybridized carbons (Fsp3) is 0.211. The molecule has 6 heterocycles. The van der Waals surface area contributed by atoms with E-state index in [-0.39, 0.29) is 0 Å². The standard InChI is InChI=1S/C38H36N12O2S2/c1-25-33-23-39-47-27(3)41-43-37(47)53-21-11-12-22-54-38-44-42-28(4)48(38)40-24-34-26(2)46-50(30-15-9-6-10-16-30)36(34)52-32-19-17-31(18-20-32)51-35(33)49(45-25)29-13-7-5-8-14-29/h5-10,13-20,23-24H,11-12,21-22H2,1-4H3/b39-23+,40-24+. The minimum atomic E-state index is 0.517. The van der Waals surface area contributed by atoms with Crippen LogP contribution in [0, 0.1) is 27.7 Å². The highest BCUT2D eigenvalue weighted by molar-refractivity contribution is 7.99. The summed E-state index contributed by atoms with van der Waals surface area (Å²) in [6, 6.07) is 27.2. The second kappa shape index (κ2) is 15.5. The molecule has 2 aliphatic rings. The van der Waals surface area contributed by atoms with E-state index in [1.807, 2.05) is 113 Å². The first-order chi connectivity index (χ1) is 26.4. The molecule has 9 rings (SSSR count). The number of hydrogen-bond donors (Lipinski definition) is 0. The maximum Gasteiger partial charge on any atom is 0.231 e. The van der Waals surface area contributed by atoms with Gasteiger partial charge in [-0.1, -0.05) is 59.9 Å². The third kappa shape index (κ3) is 7.30. The maximum absolute atomic E-state index is 6.61. The maximum atomic E-state index is 6.61. The molecule has 0 spiro atoms. The van der Waals surface area contributed by atoms with Crippen molar-refractivity contribution in [3.63, 3.8) is 0 Å². The largest absolute Gasteiger partial charge is 0.438 e. The zero-order valence-corrected chi connectivity index (χ0v) is 31.7. The van der Waals surface area contributed by atoms with Gasteiger partial charge in [-0.3, -0.25) is 0 Å². The Hall–Kier alpha value is -6.00. The molecule has 3 aromatic carbocycles. The second-order valence-electron chi connectivity index (χ2n) is 12.4. The van der Waals surface area contributed by atoms with Crippen LogP contribution in [0.3, 0.4) is 0 Å². The van der Waals surface area contributed by atoms with E-state index in [2.05, 4.69) is 20.4 Å². The van der Waals surface area contributed by atoms with Crippen molar-refractivity contribution in [3.8, 4) is 34.6 Å². The molecular formula is C38H36N12O2S2. The van der Waals surface area contributed by atoms with Gasteiger partial charge in [0, 0.05) is 11.5 Å². The van der Waals surface area contributed by atoms with Crippen LogP contribution in [0.4, 0.5) is 0 Å². The molecule has 272 valence electrons. The van der Waals surface area contributed by atoms with Crippen LogP contribution >= 0.6 is 23.5 Å². The van der Waals surface area contributed by atoms with Crippen molar-refractivity contribution in [2.24, 2.45) is 10.2 Å². The molecule has 2 aliphatic heterocycles. The average molecular weight is 757 g/mol. The van der Waals surface area contributed by atoms with Crippen molar-refractivity contribution in [3.05, 3.63) is 119 Å². The van der Waals surface area contributed by atoms with E-state index < -0.39 is 0 Å². The Morgan fingerprint density at radius 2 is 0.926 bits per heavy atom.